The van der Waals surface area contributed by atoms with Crippen molar-refractivity contribution < 1.29 is 33.0 Å². The van der Waals surface area contributed by atoms with Gasteiger partial charge in [-0.15, -0.1) is 0 Å². The second kappa shape index (κ2) is 12.0. The Labute approximate surface area is 210 Å². The minimum atomic E-state index is -3.71. The van der Waals surface area contributed by atoms with Crippen LogP contribution < -0.4 is 10.1 Å². The molecule has 0 spiro atoms. The topological polar surface area (TPSA) is 147 Å². The third-order valence-corrected chi connectivity index (χ3v) is 6.75. The zero-order valence-electron chi connectivity index (χ0n) is 21.1. The lowest BCUT2D eigenvalue weighted by Crippen LogP contribution is -2.36. The molecule has 1 aromatic carbocycles. The number of fused-ring (bicyclic) bond motifs is 1. The van der Waals surface area contributed by atoms with Gasteiger partial charge in [0.2, 0.25) is 9.84 Å². The number of benzene rings is 1. The van der Waals surface area contributed by atoms with Crippen molar-refractivity contribution in [2.75, 3.05) is 13.2 Å². The van der Waals surface area contributed by atoms with Crippen molar-refractivity contribution in [1.29, 1.82) is 0 Å². The number of nitrogens with one attached hydrogen (secondary N) is 1. The summed E-state index contributed by atoms with van der Waals surface area (Å²) in [4.78, 5) is 18.7. The molecule has 0 aliphatic carbocycles. The lowest BCUT2D eigenvalue weighted by atomic mass is 10.1. The highest BCUT2D eigenvalue weighted by Crippen LogP contribution is 2.32. The van der Waals surface area contributed by atoms with Crippen molar-refractivity contribution in [2.45, 2.75) is 62.3 Å². The smallest absolute Gasteiger partial charge is 0.414 e. The number of nitrogens with zero attached hydrogens (tertiary/aromatic N) is 2. The Morgan fingerprint density at radius 1 is 1.06 bits per heavy atom. The van der Waals surface area contributed by atoms with Gasteiger partial charge in [0.1, 0.15) is 10.6 Å². The maximum atomic E-state index is 13.4. The van der Waals surface area contributed by atoms with Crippen LogP contribution in [-0.2, 0) is 19.4 Å². The average molecular weight is 520 g/mol. The molecular weight excluding hydrogens is 486 g/mol. The summed E-state index contributed by atoms with van der Waals surface area (Å²) in [5.74, 6) is -3.00. The summed E-state index contributed by atoms with van der Waals surface area (Å²) in [6.07, 6.45) is 2.64. The predicted molar refractivity (Wildman–Crippen MR) is 134 cm³/mol. The zero-order valence-corrected chi connectivity index (χ0v) is 21.9. The van der Waals surface area contributed by atoms with E-state index in [2.05, 4.69) is 31.2 Å². The van der Waals surface area contributed by atoms with E-state index >= 15 is 0 Å². The quantitative estimate of drug-likeness (QED) is 0.300. The molecule has 0 saturated heterocycles. The second-order valence-corrected chi connectivity index (χ2v) is 11.2. The van der Waals surface area contributed by atoms with Gasteiger partial charge in [-0.1, -0.05) is 19.9 Å². The molecule has 0 aliphatic rings. The number of carboxylic acid groups (broad SMARTS) is 2. The van der Waals surface area contributed by atoms with Crippen molar-refractivity contribution in [3.8, 4) is 5.75 Å². The van der Waals surface area contributed by atoms with E-state index < -0.39 is 21.8 Å². The summed E-state index contributed by atoms with van der Waals surface area (Å²) in [6, 6.07) is 12.1. The first-order chi connectivity index (χ1) is 16.7. The van der Waals surface area contributed by atoms with Crippen LogP contribution in [-0.4, -0.2) is 58.9 Å². The summed E-state index contributed by atoms with van der Waals surface area (Å²) in [5.41, 5.74) is 1.25. The van der Waals surface area contributed by atoms with E-state index in [-0.39, 0.29) is 21.2 Å². The minimum Gasteiger partial charge on any atom is -0.494 e. The number of aromatic nitrogens is 2. The number of pyridine rings is 1. The highest BCUT2D eigenvalue weighted by molar-refractivity contribution is 7.91. The zero-order chi connectivity index (χ0) is 27.1. The number of hydrogen-bond donors (Lipinski definition) is 3. The molecule has 0 atom stereocenters. The van der Waals surface area contributed by atoms with E-state index in [0.717, 1.165) is 13.0 Å². The predicted octanol–water partition coefficient (Wildman–Crippen LogP) is 3.60. The van der Waals surface area contributed by atoms with Crippen LogP contribution in [0.4, 0.5) is 0 Å². The monoisotopic (exact) mass is 519 g/mol. The van der Waals surface area contributed by atoms with Gasteiger partial charge in [0.05, 0.1) is 22.7 Å². The van der Waals surface area contributed by atoms with Gasteiger partial charge >= 0.3 is 11.9 Å². The summed E-state index contributed by atoms with van der Waals surface area (Å²) in [5, 5.41) is 22.7. The van der Waals surface area contributed by atoms with Crippen molar-refractivity contribution in [2.24, 2.45) is 0 Å². The Bertz CT molecular complexity index is 1280. The number of sulfone groups is 1. The van der Waals surface area contributed by atoms with Crippen molar-refractivity contribution >= 4 is 27.3 Å². The van der Waals surface area contributed by atoms with Crippen LogP contribution in [0.3, 0.4) is 0 Å². The molecule has 3 N–H and O–H groups in total. The number of rotatable bonds is 8. The number of carboxylic acids is 2. The highest BCUT2D eigenvalue weighted by Gasteiger charge is 2.28. The van der Waals surface area contributed by atoms with Gasteiger partial charge in [-0.2, -0.15) is 5.10 Å². The molecule has 0 bridgehead atoms. The van der Waals surface area contributed by atoms with E-state index in [1.807, 2.05) is 26.0 Å². The largest absolute Gasteiger partial charge is 0.494 e. The molecule has 196 valence electrons. The molecule has 0 amide bonds. The summed E-state index contributed by atoms with van der Waals surface area (Å²) in [6.45, 7) is 11.7. The lowest BCUT2D eigenvalue weighted by Gasteiger charge is -2.20. The summed E-state index contributed by atoms with van der Waals surface area (Å²) >= 11 is 0. The standard InChI is InChI=1S/C23H31N3O3S.C2H2O4/c1-17(2)21-22(20-9-6-7-15-26(20)25-21)30(27,28)19-12-10-18(11-13-19)29-16-8-14-24-23(3,4)5;3-1(4)2(5)6/h6-7,9-13,15,17,24H,8,14,16H2,1-5H3;(H,3,4)(H,5,6). The van der Waals surface area contributed by atoms with Crippen LogP contribution in [0, 0.1) is 0 Å². The van der Waals surface area contributed by atoms with Crippen LogP contribution in [0.2, 0.25) is 0 Å². The maximum Gasteiger partial charge on any atom is 0.414 e. The van der Waals surface area contributed by atoms with Crippen LogP contribution in [0.1, 0.15) is 52.7 Å². The van der Waals surface area contributed by atoms with E-state index in [4.69, 9.17) is 24.5 Å². The van der Waals surface area contributed by atoms with Gasteiger partial charge in [0.25, 0.3) is 0 Å². The summed E-state index contributed by atoms with van der Waals surface area (Å²) < 4.78 is 34.3. The molecule has 0 radical (unpaired) electrons. The first kappa shape index (κ1) is 28.8. The number of aliphatic carboxylic acids is 2. The molecule has 10 nitrogen and oxygen atoms in total. The second-order valence-electron chi connectivity index (χ2n) is 9.36. The van der Waals surface area contributed by atoms with Gasteiger partial charge in [-0.25, -0.2) is 22.5 Å². The normalized spacial score (nSPS) is 11.7. The molecule has 2 heterocycles. The number of carbonyl (C=O) groups is 2. The Balaban J connectivity index is 0.000000678. The Kier molecular flexibility index (Phi) is 9.60. The molecule has 0 fully saturated rings. The Morgan fingerprint density at radius 3 is 2.19 bits per heavy atom. The fourth-order valence-corrected chi connectivity index (χ4v) is 4.92. The molecule has 0 saturated carbocycles. The molecule has 3 rings (SSSR count). The SMILES string of the molecule is CC(C)c1nn2ccccc2c1S(=O)(=O)c1ccc(OCCCNC(C)(C)C)cc1.O=C(O)C(=O)O. The molecule has 11 heteroatoms. The Morgan fingerprint density at radius 2 is 1.67 bits per heavy atom. The molecule has 2 aromatic heterocycles. The molecular formula is C25H33N3O7S. The fraction of sp³-hybridized carbons (Fsp3) is 0.400. The number of ether oxygens (including phenoxy) is 1. The fourth-order valence-electron chi connectivity index (χ4n) is 3.21. The van der Waals surface area contributed by atoms with Crippen LogP contribution >= 0.6 is 0 Å². The van der Waals surface area contributed by atoms with Crippen molar-refractivity contribution in [3.63, 3.8) is 0 Å². The molecule has 0 aliphatic heterocycles. The minimum absolute atomic E-state index is 0.0148. The van der Waals surface area contributed by atoms with Gasteiger partial charge in [0.15, 0.2) is 0 Å². The molecule has 3 aromatic rings. The van der Waals surface area contributed by atoms with Crippen LogP contribution in [0.25, 0.3) is 5.52 Å². The first-order valence-electron chi connectivity index (χ1n) is 11.4. The first-order valence-corrected chi connectivity index (χ1v) is 12.9. The summed E-state index contributed by atoms with van der Waals surface area (Å²) in [7, 11) is -3.71. The van der Waals surface area contributed by atoms with Gasteiger partial charge in [0, 0.05) is 11.7 Å². The third kappa shape index (κ3) is 7.79. The lowest BCUT2D eigenvalue weighted by molar-refractivity contribution is -0.159. The van der Waals surface area contributed by atoms with Crippen molar-refractivity contribution in [3.05, 3.63) is 54.4 Å². The maximum absolute atomic E-state index is 13.4. The van der Waals surface area contributed by atoms with E-state index in [0.29, 0.717) is 23.6 Å². The van der Waals surface area contributed by atoms with E-state index in [1.165, 1.54) is 0 Å². The molecule has 36 heavy (non-hydrogen) atoms. The number of hydrogen-bond acceptors (Lipinski definition) is 7. The third-order valence-electron chi connectivity index (χ3n) is 4.90. The van der Waals surface area contributed by atoms with Gasteiger partial charge in [-0.05, 0) is 76.1 Å². The van der Waals surface area contributed by atoms with Crippen LogP contribution in [0.5, 0.6) is 5.75 Å². The average Bonchev–Trinajstić information content (AvgIpc) is 3.20. The van der Waals surface area contributed by atoms with Crippen molar-refractivity contribution in [1.82, 2.24) is 14.9 Å². The van der Waals surface area contributed by atoms with Gasteiger partial charge in [-0.3, -0.25) is 0 Å². The molecule has 0 unspecified atom stereocenters. The van der Waals surface area contributed by atoms with E-state index in [9.17, 15) is 8.42 Å². The Hall–Kier alpha value is -3.44. The van der Waals surface area contributed by atoms with Gasteiger partial charge < -0.3 is 20.3 Å². The van der Waals surface area contributed by atoms with Crippen LogP contribution in [0.15, 0.2) is 58.5 Å². The van der Waals surface area contributed by atoms with E-state index in [1.54, 1.807) is 41.0 Å². The highest BCUT2D eigenvalue weighted by atomic mass is 32.2.